The standard InChI is InChI=1S/C14H14Br2N2S/c1-7(2)12-11(16)14(19)18-13(17-12)9-5-4-8(3)6-10(9)15/h4-7H,1-3H3,(H,17,18,19). The third-order valence-corrected chi connectivity index (χ3v) is 4.86. The molecule has 0 saturated heterocycles. The lowest BCUT2D eigenvalue weighted by molar-refractivity contribution is 0.807. The fourth-order valence-corrected chi connectivity index (χ4v) is 3.34. The second kappa shape index (κ2) is 5.85. The van der Waals surface area contributed by atoms with Crippen molar-refractivity contribution in [2.75, 3.05) is 0 Å². The maximum absolute atomic E-state index is 5.32. The van der Waals surface area contributed by atoms with Gasteiger partial charge in [0.1, 0.15) is 10.5 Å². The molecule has 0 saturated carbocycles. The van der Waals surface area contributed by atoms with E-state index < -0.39 is 0 Å². The summed E-state index contributed by atoms with van der Waals surface area (Å²) in [5, 5.41) is 0. The van der Waals surface area contributed by atoms with Gasteiger partial charge in [0.15, 0.2) is 0 Å². The molecule has 0 radical (unpaired) electrons. The zero-order valence-corrected chi connectivity index (χ0v) is 14.9. The minimum Gasteiger partial charge on any atom is -0.342 e. The molecule has 0 aliphatic rings. The fraction of sp³-hybridized carbons (Fsp3) is 0.286. The molecular formula is C14H14Br2N2S. The van der Waals surface area contributed by atoms with Crippen molar-refractivity contribution < 1.29 is 0 Å². The number of H-pyrrole nitrogens is 1. The van der Waals surface area contributed by atoms with Gasteiger partial charge in [-0.2, -0.15) is 0 Å². The summed E-state index contributed by atoms with van der Waals surface area (Å²) in [6, 6.07) is 6.19. The SMILES string of the molecule is Cc1ccc(-c2nc(=S)c(Br)c(C(C)C)[nH]2)c(Br)c1. The molecular weight excluding hydrogens is 388 g/mol. The molecule has 0 aliphatic carbocycles. The Morgan fingerprint density at radius 1 is 1.26 bits per heavy atom. The molecule has 1 heterocycles. The van der Waals surface area contributed by atoms with Crippen molar-refractivity contribution in [2.24, 2.45) is 0 Å². The van der Waals surface area contributed by atoms with E-state index in [2.05, 4.69) is 74.7 Å². The molecule has 5 heteroatoms. The molecule has 2 nitrogen and oxygen atoms in total. The van der Waals surface area contributed by atoms with Crippen molar-refractivity contribution in [2.45, 2.75) is 26.7 Å². The largest absolute Gasteiger partial charge is 0.342 e. The monoisotopic (exact) mass is 400 g/mol. The van der Waals surface area contributed by atoms with E-state index in [4.69, 9.17) is 12.2 Å². The summed E-state index contributed by atoms with van der Waals surface area (Å²) in [4.78, 5) is 7.83. The Morgan fingerprint density at radius 2 is 1.95 bits per heavy atom. The van der Waals surface area contributed by atoms with Gasteiger partial charge in [-0.3, -0.25) is 0 Å². The predicted octanol–water partition coefficient (Wildman–Crippen LogP) is 5.76. The van der Waals surface area contributed by atoms with Gasteiger partial charge in [0.25, 0.3) is 0 Å². The number of hydrogen-bond acceptors (Lipinski definition) is 2. The van der Waals surface area contributed by atoms with E-state index in [1.807, 2.05) is 6.07 Å². The van der Waals surface area contributed by atoms with E-state index in [-0.39, 0.29) is 0 Å². The van der Waals surface area contributed by atoms with Crippen molar-refractivity contribution in [1.82, 2.24) is 9.97 Å². The van der Waals surface area contributed by atoms with Crippen LogP contribution in [0.3, 0.4) is 0 Å². The Morgan fingerprint density at radius 3 is 2.53 bits per heavy atom. The third-order valence-electron chi connectivity index (χ3n) is 2.85. The molecule has 0 atom stereocenters. The molecule has 0 spiro atoms. The molecule has 0 unspecified atom stereocenters. The number of hydrogen-bond donors (Lipinski definition) is 1. The highest BCUT2D eigenvalue weighted by atomic mass is 79.9. The number of aryl methyl sites for hydroxylation is 1. The summed E-state index contributed by atoms with van der Waals surface area (Å²) in [6.07, 6.45) is 0. The zero-order valence-electron chi connectivity index (χ0n) is 10.9. The van der Waals surface area contributed by atoms with Crippen LogP contribution in [0, 0.1) is 11.6 Å². The van der Waals surface area contributed by atoms with Crippen LogP contribution < -0.4 is 0 Å². The summed E-state index contributed by atoms with van der Waals surface area (Å²) in [5.74, 6) is 1.14. The third kappa shape index (κ3) is 3.15. The number of nitrogens with one attached hydrogen (secondary N) is 1. The summed E-state index contributed by atoms with van der Waals surface area (Å²) < 4.78 is 2.48. The molecule has 0 amide bonds. The van der Waals surface area contributed by atoms with Crippen LogP contribution in [0.2, 0.25) is 0 Å². The van der Waals surface area contributed by atoms with Crippen LogP contribution in [0.5, 0.6) is 0 Å². The summed E-state index contributed by atoms with van der Waals surface area (Å²) >= 11 is 12.4. The van der Waals surface area contributed by atoms with Crippen LogP contribution in [0.4, 0.5) is 0 Å². The lowest BCUT2D eigenvalue weighted by Gasteiger charge is -2.12. The van der Waals surface area contributed by atoms with Crippen LogP contribution in [-0.4, -0.2) is 9.97 Å². The van der Waals surface area contributed by atoms with E-state index in [0.717, 1.165) is 26.0 Å². The molecule has 1 N–H and O–H groups in total. The van der Waals surface area contributed by atoms with E-state index in [9.17, 15) is 0 Å². The van der Waals surface area contributed by atoms with Crippen LogP contribution in [-0.2, 0) is 0 Å². The first-order chi connectivity index (χ1) is 8.90. The Balaban J connectivity index is 2.66. The van der Waals surface area contributed by atoms with E-state index >= 15 is 0 Å². The number of benzene rings is 1. The highest BCUT2D eigenvalue weighted by Gasteiger charge is 2.12. The number of aromatic amines is 1. The van der Waals surface area contributed by atoms with Gasteiger partial charge in [-0.15, -0.1) is 0 Å². The van der Waals surface area contributed by atoms with E-state index in [0.29, 0.717) is 10.6 Å². The quantitative estimate of drug-likeness (QED) is 0.647. The lowest BCUT2D eigenvalue weighted by atomic mass is 10.1. The van der Waals surface area contributed by atoms with Gasteiger partial charge in [-0.05, 0) is 46.5 Å². The average Bonchev–Trinajstić information content (AvgIpc) is 2.32. The minimum atomic E-state index is 0.349. The van der Waals surface area contributed by atoms with Gasteiger partial charge in [0, 0.05) is 15.7 Å². The second-order valence-corrected chi connectivity index (χ2v) is 6.79. The summed E-state index contributed by atoms with van der Waals surface area (Å²) in [6.45, 7) is 6.31. The minimum absolute atomic E-state index is 0.349. The first kappa shape index (κ1) is 14.9. The van der Waals surface area contributed by atoms with Crippen molar-refractivity contribution in [3.8, 4) is 11.4 Å². The molecule has 0 aliphatic heterocycles. The van der Waals surface area contributed by atoms with Gasteiger partial charge < -0.3 is 4.98 Å². The first-order valence-corrected chi connectivity index (χ1v) is 7.95. The Bertz CT molecular complexity index is 678. The van der Waals surface area contributed by atoms with E-state index in [1.54, 1.807) is 0 Å². The van der Waals surface area contributed by atoms with Gasteiger partial charge in [0.2, 0.25) is 0 Å². The summed E-state index contributed by atoms with van der Waals surface area (Å²) in [5.41, 5.74) is 3.30. The van der Waals surface area contributed by atoms with Crippen LogP contribution in [0.1, 0.15) is 31.0 Å². The van der Waals surface area contributed by atoms with Gasteiger partial charge in [0.05, 0.1) is 4.47 Å². The molecule has 1 aromatic heterocycles. The lowest BCUT2D eigenvalue weighted by Crippen LogP contribution is -2.00. The number of halogens is 2. The van der Waals surface area contributed by atoms with Crippen molar-refractivity contribution >= 4 is 44.1 Å². The Hall–Kier alpha value is -0.520. The van der Waals surface area contributed by atoms with Crippen molar-refractivity contribution in [1.29, 1.82) is 0 Å². The molecule has 2 rings (SSSR count). The second-order valence-electron chi connectivity index (χ2n) is 4.76. The topological polar surface area (TPSA) is 28.7 Å². The average molecular weight is 402 g/mol. The Kier molecular flexibility index (Phi) is 4.58. The Labute approximate surface area is 134 Å². The first-order valence-electron chi connectivity index (χ1n) is 5.96. The normalized spacial score (nSPS) is 11.1. The van der Waals surface area contributed by atoms with Crippen molar-refractivity contribution in [3.05, 3.63) is 43.0 Å². The fourth-order valence-electron chi connectivity index (χ4n) is 1.81. The molecule has 2 aromatic rings. The molecule has 19 heavy (non-hydrogen) atoms. The zero-order chi connectivity index (χ0) is 14.2. The smallest absolute Gasteiger partial charge is 0.144 e. The van der Waals surface area contributed by atoms with Crippen LogP contribution in [0.15, 0.2) is 27.1 Å². The van der Waals surface area contributed by atoms with Crippen LogP contribution in [0.25, 0.3) is 11.4 Å². The number of nitrogens with zero attached hydrogens (tertiary/aromatic N) is 1. The predicted molar refractivity (Wildman–Crippen MR) is 89.1 cm³/mol. The maximum Gasteiger partial charge on any atom is 0.144 e. The van der Waals surface area contributed by atoms with Crippen LogP contribution >= 0.6 is 44.1 Å². The molecule has 100 valence electrons. The van der Waals surface area contributed by atoms with E-state index in [1.165, 1.54) is 5.56 Å². The van der Waals surface area contributed by atoms with Crippen molar-refractivity contribution in [3.63, 3.8) is 0 Å². The van der Waals surface area contributed by atoms with Gasteiger partial charge in [-0.25, -0.2) is 4.98 Å². The number of aromatic nitrogens is 2. The molecule has 0 fully saturated rings. The number of rotatable bonds is 2. The summed E-state index contributed by atoms with van der Waals surface area (Å²) in [7, 11) is 0. The highest BCUT2D eigenvalue weighted by molar-refractivity contribution is 9.11. The highest BCUT2D eigenvalue weighted by Crippen LogP contribution is 2.30. The molecule has 1 aromatic carbocycles. The van der Waals surface area contributed by atoms with Gasteiger partial charge >= 0.3 is 0 Å². The maximum atomic E-state index is 5.32. The molecule has 0 bridgehead atoms. The van der Waals surface area contributed by atoms with Gasteiger partial charge in [-0.1, -0.05) is 48.1 Å².